The van der Waals surface area contributed by atoms with Crippen molar-refractivity contribution in [2.75, 3.05) is 0 Å². The monoisotopic (exact) mass is 181 g/mol. The Morgan fingerprint density at radius 3 is 2.00 bits per heavy atom. The van der Waals surface area contributed by atoms with Crippen LogP contribution < -0.4 is 0 Å². The van der Waals surface area contributed by atoms with E-state index in [1.54, 1.807) is 0 Å². The average molecular weight is 181 g/mol. The second kappa shape index (κ2) is 6.81. The SMILES string of the molecule is O=CN=CC1CCCCCCCC1. The Labute approximate surface area is 80.4 Å². The lowest BCUT2D eigenvalue weighted by Crippen LogP contribution is -2.01. The molecule has 0 heterocycles. The van der Waals surface area contributed by atoms with Gasteiger partial charge in [0.2, 0.25) is 6.41 Å². The third-order valence-electron chi connectivity index (χ3n) is 2.76. The number of hydrogen-bond donors (Lipinski definition) is 0. The molecule has 1 saturated carbocycles. The predicted octanol–water partition coefficient (Wildman–Crippen LogP) is 2.96. The minimum absolute atomic E-state index is 0.559. The molecule has 0 aromatic rings. The fourth-order valence-electron chi connectivity index (χ4n) is 1.97. The Hall–Kier alpha value is -0.660. The van der Waals surface area contributed by atoms with Gasteiger partial charge < -0.3 is 0 Å². The maximum Gasteiger partial charge on any atom is 0.232 e. The lowest BCUT2D eigenvalue weighted by Gasteiger charge is -2.08. The molecule has 1 aliphatic rings. The molecule has 1 fully saturated rings. The van der Waals surface area contributed by atoms with E-state index >= 15 is 0 Å². The summed E-state index contributed by atoms with van der Waals surface area (Å²) in [7, 11) is 0. The smallest absolute Gasteiger partial charge is 0.232 e. The first kappa shape index (κ1) is 10.4. The van der Waals surface area contributed by atoms with Gasteiger partial charge in [-0.3, -0.25) is 4.79 Å². The Morgan fingerprint density at radius 2 is 1.46 bits per heavy atom. The summed E-state index contributed by atoms with van der Waals surface area (Å²) < 4.78 is 0. The second-order valence-corrected chi connectivity index (χ2v) is 3.86. The minimum atomic E-state index is 0.559. The Morgan fingerprint density at radius 1 is 0.923 bits per heavy atom. The van der Waals surface area contributed by atoms with Crippen LogP contribution >= 0.6 is 0 Å². The molecule has 13 heavy (non-hydrogen) atoms. The van der Waals surface area contributed by atoms with Gasteiger partial charge in [0.15, 0.2) is 0 Å². The summed E-state index contributed by atoms with van der Waals surface area (Å²) in [6, 6.07) is 0. The van der Waals surface area contributed by atoms with Gasteiger partial charge >= 0.3 is 0 Å². The lowest BCUT2D eigenvalue weighted by molar-refractivity contribution is -0.106. The van der Waals surface area contributed by atoms with E-state index in [4.69, 9.17) is 0 Å². The van der Waals surface area contributed by atoms with Gasteiger partial charge in [0.05, 0.1) is 0 Å². The van der Waals surface area contributed by atoms with E-state index in [-0.39, 0.29) is 0 Å². The van der Waals surface area contributed by atoms with Crippen molar-refractivity contribution in [1.82, 2.24) is 0 Å². The number of carbonyl (C=O) groups is 1. The van der Waals surface area contributed by atoms with Crippen LogP contribution in [0.25, 0.3) is 0 Å². The second-order valence-electron chi connectivity index (χ2n) is 3.86. The molecule has 0 aromatic carbocycles. The molecular formula is C11H19NO. The number of carbonyl (C=O) groups excluding carboxylic acids is 1. The molecule has 1 amide bonds. The van der Waals surface area contributed by atoms with Crippen molar-refractivity contribution in [3.05, 3.63) is 0 Å². The molecule has 0 aromatic heterocycles. The fourth-order valence-corrected chi connectivity index (χ4v) is 1.97. The molecule has 2 heteroatoms. The first-order valence-corrected chi connectivity index (χ1v) is 5.40. The minimum Gasteiger partial charge on any atom is -0.276 e. The molecule has 0 aliphatic heterocycles. The summed E-state index contributed by atoms with van der Waals surface area (Å²) in [5, 5.41) is 0. The third-order valence-corrected chi connectivity index (χ3v) is 2.76. The van der Waals surface area contributed by atoms with Gasteiger partial charge in [-0.25, -0.2) is 4.99 Å². The van der Waals surface area contributed by atoms with E-state index in [9.17, 15) is 4.79 Å². The average Bonchev–Trinajstić information content (AvgIpc) is 2.28. The van der Waals surface area contributed by atoms with Crippen LogP contribution in [0.5, 0.6) is 0 Å². The highest BCUT2D eigenvalue weighted by molar-refractivity contribution is 5.71. The molecule has 0 N–H and O–H groups in total. The number of aliphatic imine (C=N–C) groups is 1. The van der Waals surface area contributed by atoms with Crippen LogP contribution in [0.1, 0.15) is 51.4 Å². The van der Waals surface area contributed by atoms with E-state index in [1.165, 1.54) is 51.4 Å². The highest BCUT2D eigenvalue weighted by Crippen LogP contribution is 2.20. The molecule has 1 aliphatic carbocycles. The van der Waals surface area contributed by atoms with Gasteiger partial charge in [-0.05, 0) is 18.8 Å². The van der Waals surface area contributed by atoms with Crippen molar-refractivity contribution in [2.24, 2.45) is 10.9 Å². The molecule has 0 saturated heterocycles. The Balaban J connectivity index is 2.31. The molecule has 0 atom stereocenters. The van der Waals surface area contributed by atoms with Crippen LogP contribution in [0.2, 0.25) is 0 Å². The number of nitrogens with zero attached hydrogens (tertiary/aromatic N) is 1. The summed E-state index contributed by atoms with van der Waals surface area (Å²) in [5.74, 6) is 0.559. The van der Waals surface area contributed by atoms with Crippen molar-refractivity contribution >= 4 is 12.6 Å². The zero-order valence-electron chi connectivity index (χ0n) is 8.24. The topological polar surface area (TPSA) is 29.4 Å². The van der Waals surface area contributed by atoms with Crippen LogP contribution in [0.15, 0.2) is 4.99 Å². The quantitative estimate of drug-likeness (QED) is 0.475. The predicted molar refractivity (Wildman–Crippen MR) is 55.0 cm³/mol. The van der Waals surface area contributed by atoms with E-state index in [2.05, 4.69) is 4.99 Å². The molecule has 0 spiro atoms. The summed E-state index contributed by atoms with van der Waals surface area (Å²) >= 11 is 0. The van der Waals surface area contributed by atoms with Gasteiger partial charge in [-0.15, -0.1) is 0 Å². The Bertz CT molecular complexity index is 155. The van der Waals surface area contributed by atoms with Crippen molar-refractivity contribution < 1.29 is 4.79 Å². The molecule has 0 bridgehead atoms. The maximum absolute atomic E-state index is 10.1. The molecule has 0 radical (unpaired) electrons. The zero-order chi connectivity index (χ0) is 9.36. The summed E-state index contributed by atoms with van der Waals surface area (Å²) in [6.07, 6.45) is 13.0. The number of rotatable bonds is 2. The van der Waals surface area contributed by atoms with Crippen LogP contribution in [-0.2, 0) is 4.79 Å². The van der Waals surface area contributed by atoms with Crippen molar-refractivity contribution in [2.45, 2.75) is 51.4 Å². The highest BCUT2D eigenvalue weighted by Gasteiger charge is 2.07. The van der Waals surface area contributed by atoms with Crippen LogP contribution in [0.4, 0.5) is 0 Å². The van der Waals surface area contributed by atoms with Gasteiger partial charge in [0.1, 0.15) is 0 Å². The largest absolute Gasteiger partial charge is 0.276 e. The van der Waals surface area contributed by atoms with Crippen molar-refractivity contribution in [3.63, 3.8) is 0 Å². The van der Waals surface area contributed by atoms with Crippen LogP contribution in [0, 0.1) is 5.92 Å². The van der Waals surface area contributed by atoms with Crippen LogP contribution in [-0.4, -0.2) is 12.6 Å². The zero-order valence-corrected chi connectivity index (χ0v) is 8.24. The third kappa shape index (κ3) is 4.81. The molecule has 1 rings (SSSR count). The standard InChI is InChI=1S/C11H19NO/c13-10-12-9-11-7-5-3-1-2-4-6-8-11/h9-11H,1-8H2. The summed E-state index contributed by atoms with van der Waals surface area (Å²) in [6.45, 7) is 0. The normalized spacial score (nSPS) is 22.2. The first-order chi connectivity index (χ1) is 6.43. The van der Waals surface area contributed by atoms with Crippen LogP contribution in [0.3, 0.4) is 0 Å². The van der Waals surface area contributed by atoms with Gasteiger partial charge in [0.25, 0.3) is 0 Å². The van der Waals surface area contributed by atoms with Crippen molar-refractivity contribution in [1.29, 1.82) is 0 Å². The van der Waals surface area contributed by atoms with Gasteiger partial charge in [-0.2, -0.15) is 0 Å². The Kier molecular flexibility index (Phi) is 5.46. The highest BCUT2D eigenvalue weighted by atomic mass is 16.1. The van der Waals surface area contributed by atoms with Gasteiger partial charge in [0, 0.05) is 6.21 Å². The van der Waals surface area contributed by atoms with Crippen molar-refractivity contribution in [3.8, 4) is 0 Å². The molecular weight excluding hydrogens is 162 g/mol. The summed E-state index contributed by atoms with van der Waals surface area (Å²) in [5.41, 5.74) is 0. The number of hydrogen-bond acceptors (Lipinski definition) is 1. The number of amides is 1. The fraction of sp³-hybridized carbons (Fsp3) is 0.818. The summed E-state index contributed by atoms with van der Waals surface area (Å²) in [4.78, 5) is 13.8. The maximum atomic E-state index is 10.1. The molecule has 2 nitrogen and oxygen atoms in total. The van der Waals surface area contributed by atoms with Gasteiger partial charge in [-0.1, -0.05) is 38.5 Å². The van der Waals surface area contributed by atoms with E-state index in [1.807, 2.05) is 6.21 Å². The van der Waals surface area contributed by atoms with E-state index < -0.39 is 0 Å². The lowest BCUT2D eigenvalue weighted by atomic mass is 9.98. The first-order valence-electron chi connectivity index (χ1n) is 5.40. The molecule has 0 unspecified atom stereocenters. The van der Waals surface area contributed by atoms with E-state index in [0.717, 1.165) is 0 Å². The van der Waals surface area contributed by atoms with E-state index in [0.29, 0.717) is 12.3 Å². The molecule has 74 valence electrons.